The Kier molecular flexibility index (Phi) is 8.83. The summed E-state index contributed by atoms with van der Waals surface area (Å²) in [5, 5.41) is 2.96. The van der Waals surface area contributed by atoms with E-state index in [0.29, 0.717) is 38.3 Å². The van der Waals surface area contributed by atoms with Crippen molar-refractivity contribution in [1.29, 1.82) is 0 Å². The van der Waals surface area contributed by atoms with E-state index in [-0.39, 0.29) is 29.7 Å². The lowest BCUT2D eigenvalue weighted by Crippen LogP contribution is -2.57. The average Bonchev–Trinajstić information content (AvgIpc) is 2.77. The summed E-state index contributed by atoms with van der Waals surface area (Å²) in [7, 11) is 1.94. The first-order chi connectivity index (χ1) is 15.9. The number of nitrogens with zero attached hydrogens (tertiary/aromatic N) is 2. The molecule has 33 heavy (non-hydrogen) atoms. The number of nitrogens with one attached hydrogen (secondary N) is 1. The van der Waals surface area contributed by atoms with E-state index in [0.717, 1.165) is 24.1 Å². The molecular formula is C26H34FN3O3. The maximum atomic E-state index is 14.2. The van der Waals surface area contributed by atoms with Crippen molar-refractivity contribution in [3.05, 3.63) is 65.5 Å². The van der Waals surface area contributed by atoms with Crippen LogP contribution in [0.1, 0.15) is 37.8 Å². The van der Waals surface area contributed by atoms with Crippen molar-refractivity contribution >= 4 is 11.8 Å². The summed E-state index contributed by atoms with van der Waals surface area (Å²) in [4.78, 5) is 29.2. The number of halogens is 1. The van der Waals surface area contributed by atoms with Crippen LogP contribution in [0.15, 0.2) is 48.5 Å². The second-order valence-electron chi connectivity index (χ2n) is 8.72. The molecule has 2 atom stereocenters. The molecule has 2 aromatic rings. The molecule has 0 spiro atoms. The second kappa shape index (κ2) is 11.8. The molecule has 2 amide bonds. The summed E-state index contributed by atoms with van der Waals surface area (Å²) < 4.78 is 19.8. The van der Waals surface area contributed by atoms with Crippen molar-refractivity contribution in [3.8, 4) is 5.75 Å². The molecule has 178 valence electrons. The van der Waals surface area contributed by atoms with Gasteiger partial charge in [0.25, 0.3) is 0 Å². The van der Waals surface area contributed by atoms with E-state index in [9.17, 15) is 14.0 Å². The molecule has 0 aromatic heterocycles. The smallest absolute Gasteiger partial charge is 0.240 e. The highest BCUT2D eigenvalue weighted by atomic mass is 19.1. The summed E-state index contributed by atoms with van der Waals surface area (Å²) in [6.45, 7) is 5.94. The Morgan fingerprint density at radius 3 is 2.64 bits per heavy atom. The Labute approximate surface area is 195 Å². The number of ether oxygens (including phenoxy) is 1. The first-order valence-electron chi connectivity index (χ1n) is 11.6. The van der Waals surface area contributed by atoms with Gasteiger partial charge in [-0.25, -0.2) is 4.39 Å². The highest BCUT2D eigenvalue weighted by molar-refractivity contribution is 5.83. The summed E-state index contributed by atoms with van der Waals surface area (Å²) in [6.07, 6.45) is 1.69. The topological polar surface area (TPSA) is 61.9 Å². The molecule has 1 aliphatic heterocycles. The van der Waals surface area contributed by atoms with Crippen LogP contribution in [0.5, 0.6) is 5.75 Å². The third kappa shape index (κ3) is 7.29. The van der Waals surface area contributed by atoms with Crippen LogP contribution >= 0.6 is 0 Å². The number of likely N-dealkylation sites (N-methyl/N-ethyl adjacent to an activating group) is 1. The van der Waals surface area contributed by atoms with Gasteiger partial charge in [0.1, 0.15) is 11.6 Å². The first-order valence-corrected chi connectivity index (χ1v) is 11.6. The highest BCUT2D eigenvalue weighted by Gasteiger charge is 2.34. The lowest BCUT2D eigenvalue weighted by molar-refractivity contribution is -0.142. The second-order valence-corrected chi connectivity index (χ2v) is 8.72. The summed E-state index contributed by atoms with van der Waals surface area (Å²) in [6, 6.07) is 13.9. The maximum Gasteiger partial charge on any atom is 0.240 e. The zero-order chi connectivity index (χ0) is 23.8. The molecule has 6 nitrogen and oxygen atoms in total. The number of amides is 2. The molecule has 0 aliphatic carbocycles. The largest absolute Gasteiger partial charge is 0.493 e. The molecular weight excluding hydrogens is 421 g/mol. The van der Waals surface area contributed by atoms with Gasteiger partial charge in [-0.2, -0.15) is 0 Å². The van der Waals surface area contributed by atoms with Gasteiger partial charge in [0.2, 0.25) is 11.8 Å². The number of carbonyl (C=O) groups excluding carboxylic acids is 2. The number of hydrogen-bond donors (Lipinski definition) is 1. The fraction of sp³-hybridized carbons (Fsp3) is 0.462. The summed E-state index contributed by atoms with van der Waals surface area (Å²) in [5.41, 5.74) is 1.82. The third-order valence-electron chi connectivity index (χ3n) is 5.87. The zero-order valence-corrected chi connectivity index (χ0v) is 19.7. The average molecular weight is 456 g/mol. The highest BCUT2D eigenvalue weighted by Crippen LogP contribution is 2.22. The molecule has 0 saturated carbocycles. The van der Waals surface area contributed by atoms with Crippen LogP contribution in [0.25, 0.3) is 0 Å². The molecule has 2 aromatic carbocycles. The van der Waals surface area contributed by atoms with Gasteiger partial charge in [-0.15, -0.1) is 0 Å². The van der Waals surface area contributed by atoms with Gasteiger partial charge >= 0.3 is 0 Å². The van der Waals surface area contributed by atoms with Crippen LogP contribution in [0, 0.1) is 5.82 Å². The molecule has 1 aliphatic rings. The lowest BCUT2D eigenvalue weighted by atomic mass is 9.96. The van der Waals surface area contributed by atoms with Crippen LogP contribution < -0.4 is 10.1 Å². The number of benzene rings is 2. The van der Waals surface area contributed by atoms with Crippen LogP contribution in [0.3, 0.4) is 0 Å². The van der Waals surface area contributed by atoms with Gasteiger partial charge < -0.3 is 15.0 Å². The van der Waals surface area contributed by atoms with Crippen molar-refractivity contribution in [2.75, 3.05) is 26.7 Å². The van der Waals surface area contributed by atoms with Crippen LogP contribution in [0.2, 0.25) is 0 Å². The zero-order valence-electron chi connectivity index (χ0n) is 19.7. The Bertz CT molecular complexity index is 938. The van der Waals surface area contributed by atoms with Crippen molar-refractivity contribution in [1.82, 2.24) is 15.1 Å². The predicted molar refractivity (Wildman–Crippen MR) is 126 cm³/mol. The van der Waals surface area contributed by atoms with E-state index < -0.39 is 0 Å². The van der Waals surface area contributed by atoms with E-state index in [1.54, 1.807) is 0 Å². The van der Waals surface area contributed by atoms with Gasteiger partial charge in [0, 0.05) is 38.7 Å². The van der Waals surface area contributed by atoms with Crippen molar-refractivity contribution in [2.24, 2.45) is 0 Å². The molecule has 1 heterocycles. The van der Waals surface area contributed by atoms with Crippen LogP contribution in [-0.4, -0.2) is 60.4 Å². The molecule has 0 unspecified atom stereocenters. The van der Waals surface area contributed by atoms with Crippen LogP contribution in [-0.2, 0) is 22.6 Å². The third-order valence-corrected chi connectivity index (χ3v) is 5.87. The number of piperazine rings is 1. The normalized spacial score (nSPS) is 17.6. The molecule has 0 bridgehead atoms. The number of carbonyl (C=O) groups is 2. The Morgan fingerprint density at radius 1 is 1.18 bits per heavy atom. The van der Waals surface area contributed by atoms with E-state index in [2.05, 4.69) is 5.32 Å². The van der Waals surface area contributed by atoms with Gasteiger partial charge in [-0.1, -0.05) is 37.3 Å². The number of hydrogen-bond acceptors (Lipinski definition) is 4. The Balaban J connectivity index is 1.73. The van der Waals surface area contributed by atoms with E-state index in [4.69, 9.17) is 4.74 Å². The lowest BCUT2D eigenvalue weighted by Gasteiger charge is -2.40. The van der Waals surface area contributed by atoms with E-state index in [1.807, 2.05) is 60.2 Å². The van der Waals surface area contributed by atoms with E-state index >= 15 is 0 Å². The SMILES string of the molecule is CCCOc1cc(F)cc(C[C@@H](C[C@H]2C(=O)N(Cc3ccccc3)CCN2C)NC(C)=O)c1. The molecule has 1 N–H and O–H groups in total. The van der Waals surface area contributed by atoms with Gasteiger partial charge in [0.15, 0.2) is 0 Å². The van der Waals surface area contributed by atoms with Gasteiger partial charge in [0.05, 0.1) is 12.6 Å². The standard InChI is InChI=1S/C26H34FN3O3/c1-4-12-33-24-15-21(13-22(27)16-24)14-23(28-19(2)31)17-25-26(32)30(11-10-29(25)3)18-20-8-6-5-7-9-20/h5-9,13,15-16,23,25H,4,10-12,14,17-18H2,1-3H3,(H,28,31)/t23-,25-/m0/s1. The van der Waals surface area contributed by atoms with E-state index in [1.165, 1.54) is 19.1 Å². The van der Waals surface area contributed by atoms with Gasteiger partial charge in [-0.3, -0.25) is 14.5 Å². The molecule has 7 heteroatoms. The Hall–Kier alpha value is -2.93. The Morgan fingerprint density at radius 2 is 1.94 bits per heavy atom. The van der Waals surface area contributed by atoms with Crippen molar-refractivity contribution < 1.29 is 18.7 Å². The van der Waals surface area contributed by atoms with Crippen molar-refractivity contribution in [3.63, 3.8) is 0 Å². The minimum absolute atomic E-state index is 0.0502. The monoisotopic (exact) mass is 455 g/mol. The molecule has 1 saturated heterocycles. The summed E-state index contributed by atoms with van der Waals surface area (Å²) in [5.74, 6) is -0.0199. The fourth-order valence-electron chi connectivity index (χ4n) is 4.26. The predicted octanol–water partition coefficient (Wildman–Crippen LogP) is 3.39. The maximum absolute atomic E-state index is 14.2. The quantitative estimate of drug-likeness (QED) is 0.597. The minimum atomic E-state index is -0.375. The molecule has 0 radical (unpaired) electrons. The van der Waals surface area contributed by atoms with Gasteiger partial charge in [-0.05, 0) is 49.6 Å². The fourth-order valence-corrected chi connectivity index (χ4v) is 4.26. The minimum Gasteiger partial charge on any atom is -0.493 e. The molecule has 3 rings (SSSR count). The van der Waals surface area contributed by atoms with Crippen LogP contribution in [0.4, 0.5) is 4.39 Å². The first kappa shape index (κ1) is 24.7. The number of rotatable bonds is 10. The molecule has 1 fully saturated rings. The van der Waals surface area contributed by atoms with Crippen molar-refractivity contribution in [2.45, 2.75) is 51.7 Å². The summed E-state index contributed by atoms with van der Waals surface area (Å²) >= 11 is 0.